The molecule has 7 nitrogen and oxygen atoms in total. The molecule has 1 aromatic carbocycles. The van der Waals surface area contributed by atoms with Crippen LogP contribution in [0.25, 0.3) is 0 Å². The topological polar surface area (TPSA) is 96.1 Å². The van der Waals surface area contributed by atoms with Crippen LogP contribution in [0.5, 0.6) is 0 Å². The number of nitrogens with zero attached hydrogens (tertiary/aromatic N) is 2. The number of halogens is 2. The molecule has 2 amide bonds. The van der Waals surface area contributed by atoms with Gasteiger partial charge in [0.2, 0.25) is 11.8 Å². The molecule has 2 heterocycles. The molecule has 1 aromatic heterocycles. The summed E-state index contributed by atoms with van der Waals surface area (Å²) in [5.41, 5.74) is 0.393. The van der Waals surface area contributed by atoms with E-state index in [0.717, 1.165) is 11.8 Å². The Hall–Kier alpha value is -2.29. The highest BCUT2D eigenvalue weighted by Gasteiger charge is 2.32. The molecular weight excluding hydrogens is 399 g/mol. The van der Waals surface area contributed by atoms with Crippen LogP contribution in [0.15, 0.2) is 51.2 Å². The highest BCUT2D eigenvalue weighted by Crippen LogP contribution is 2.30. The van der Waals surface area contributed by atoms with Crippen molar-refractivity contribution in [2.45, 2.75) is 11.7 Å². The molecule has 134 valence electrons. The molecule has 3 rings (SSSR count). The van der Waals surface area contributed by atoms with Gasteiger partial charge < -0.3 is 15.1 Å². The van der Waals surface area contributed by atoms with Crippen molar-refractivity contribution < 1.29 is 14.0 Å². The van der Waals surface area contributed by atoms with E-state index < -0.39 is 5.25 Å². The highest BCUT2D eigenvalue weighted by molar-refractivity contribution is 8.15. The summed E-state index contributed by atoms with van der Waals surface area (Å²) in [7, 11) is 0. The largest absolute Gasteiger partial charge is 0.463 e. The Morgan fingerprint density at radius 2 is 2.19 bits per heavy atom. The Bertz CT molecular complexity index is 884. The van der Waals surface area contributed by atoms with Crippen LogP contribution in [-0.4, -0.2) is 28.4 Å². The molecule has 1 saturated heterocycles. The fourth-order valence-electron chi connectivity index (χ4n) is 2.06. The van der Waals surface area contributed by atoms with Gasteiger partial charge in [-0.2, -0.15) is 5.10 Å². The smallest absolute Gasteiger partial charge is 0.240 e. The number of anilines is 1. The van der Waals surface area contributed by atoms with E-state index in [1.807, 2.05) is 0 Å². The van der Waals surface area contributed by atoms with Crippen molar-refractivity contribution in [1.29, 1.82) is 0 Å². The quantitative estimate of drug-likeness (QED) is 0.581. The first-order valence-electron chi connectivity index (χ1n) is 7.39. The number of benzene rings is 1. The van der Waals surface area contributed by atoms with Crippen LogP contribution in [0.4, 0.5) is 5.69 Å². The van der Waals surface area contributed by atoms with Gasteiger partial charge in [-0.15, -0.1) is 5.10 Å². The third kappa shape index (κ3) is 4.66. The first-order chi connectivity index (χ1) is 12.5. The predicted octanol–water partition coefficient (Wildman–Crippen LogP) is 3.54. The zero-order valence-electron chi connectivity index (χ0n) is 13.1. The fourth-order valence-corrected chi connectivity index (χ4v) is 3.33. The van der Waals surface area contributed by atoms with Gasteiger partial charge >= 0.3 is 0 Å². The molecule has 26 heavy (non-hydrogen) atoms. The predicted molar refractivity (Wildman–Crippen MR) is 103 cm³/mol. The SMILES string of the molecule is O=C(C[C@@H]1S/C(=N/N=C\c2ccco2)NC1=O)Nc1cccc(Cl)c1Cl. The summed E-state index contributed by atoms with van der Waals surface area (Å²) >= 11 is 13.1. The van der Waals surface area contributed by atoms with Crippen molar-refractivity contribution in [2.75, 3.05) is 5.32 Å². The van der Waals surface area contributed by atoms with Crippen molar-refractivity contribution in [3.8, 4) is 0 Å². The molecular formula is C16H12Cl2N4O3S. The lowest BCUT2D eigenvalue weighted by molar-refractivity contribution is -0.122. The summed E-state index contributed by atoms with van der Waals surface area (Å²) in [6, 6.07) is 8.36. The van der Waals surface area contributed by atoms with Gasteiger partial charge in [0, 0.05) is 6.42 Å². The third-order valence-electron chi connectivity index (χ3n) is 3.25. The molecule has 0 unspecified atom stereocenters. The Kier molecular flexibility index (Phi) is 5.97. The van der Waals surface area contributed by atoms with Gasteiger partial charge in [0.1, 0.15) is 11.0 Å². The maximum absolute atomic E-state index is 12.2. The Balaban J connectivity index is 1.57. The molecule has 0 bridgehead atoms. The number of rotatable bonds is 5. The summed E-state index contributed by atoms with van der Waals surface area (Å²) in [4.78, 5) is 24.1. The number of hydrogen-bond acceptors (Lipinski definition) is 6. The van der Waals surface area contributed by atoms with E-state index in [0.29, 0.717) is 21.6 Å². The van der Waals surface area contributed by atoms with E-state index in [4.69, 9.17) is 27.6 Å². The van der Waals surface area contributed by atoms with Gasteiger partial charge in [0.15, 0.2) is 5.17 Å². The number of hydrogen-bond donors (Lipinski definition) is 2. The minimum atomic E-state index is -0.606. The fraction of sp³-hybridized carbons (Fsp3) is 0.125. The molecule has 1 fully saturated rings. The van der Waals surface area contributed by atoms with E-state index >= 15 is 0 Å². The molecule has 2 aromatic rings. The normalized spacial score (nSPS) is 18.5. The maximum atomic E-state index is 12.2. The van der Waals surface area contributed by atoms with Gasteiger partial charge in [-0.1, -0.05) is 41.0 Å². The molecule has 1 aliphatic heterocycles. The van der Waals surface area contributed by atoms with Crippen molar-refractivity contribution >= 4 is 63.8 Å². The van der Waals surface area contributed by atoms with E-state index in [9.17, 15) is 9.59 Å². The number of thioether (sulfide) groups is 1. The van der Waals surface area contributed by atoms with Crippen LogP contribution in [0.3, 0.4) is 0 Å². The number of carbonyl (C=O) groups is 2. The lowest BCUT2D eigenvalue weighted by Gasteiger charge is -2.09. The lowest BCUT2D eigenvalue weighted by Crippen LogP contribution is -2.28. The number of furan rings is 1. The van der Waals surface area contributed by atoms with E-state index in [-0.39, 0.29) is 23.3 Å². The minimum absolute atomic E-state index is 0.0414. The van der Waals surface area contributed by atoms with Crippen LogP contribution < -0.4 is 10.6 Å². The molecule has 0 saturated carbocycles. The molecule has 2 N–H and O–H groups in total. The standard InChI is InChI=1S/C16H12Cl2N4O3S/c17-10-4-1-5-11(14(10)18)20-13(23)7-12-15(24)21-16(26-12)22-19-8-9-3-2-6-25-9/h1-6,8,12H,7H2,(H,20,23)(H,21,22,24)/b19-8-/t12-/m0/s1. The molecule has 1 aliphatic rings. The van der Waals surface area contributed by atoms with Crippen molar-refractivity contribution in [3.05, 3.63) is 52.4 Å². The Morgan fingerprint density at radius 3 is 2.96 bits per heavy atom. The summed E-state index contributed by atoms with van der Waals surface area (Å²) in [6.45, 7) is 0. The molecule has 10 heteroatoms. The van der Waals surface area contributed by atoms with Gasteiger partial charge in [-0.3, -0.25) is 9.59 Å². The third-order valence-corrected chi connectivity index (χ3v) is 5.14. The average Bonchev–Trinajstić information content (AvgIpc) is 3.22. The molecule has 0 spiro atoms. The molecule has 1 atom stereocenters. The zero-order chi connectivity index (χ0) is 18.5. The van der Waals surface area contributed by atoms with Crippen molar-refractivity contribution in [1.82, 2.24) is 5.32 Å². The summed E-state index contributed by atoms with van der Waals surface area (Å²) < 4.78 is 5.08. The zero-order valence-corrected chi connectivity index (χ0v) is 15.4. The summed E-state index contributed by atoms with van der Waals surface area (Å²) in [5.74, 6) is -0.130. The first-order valence-corrected chi connectivity index (χ1v) is 9.02. The van der Waals surface area contributed by atoms with Gasteiger partial charge in [-0.25, -0.2) is 0 Å². The van der Waals surface area contributed by atoms with Gasteiger partial charge in [0.25, 0.3) is 0 Å². The number of amides is 2. The number of nitrogens with one attached hydrogen (secondary N) is 2. The second kappa shape index (κ2) is 8.39. The molecule has 0 aliphatic carbocycles. The van der Waals surface area contributed by atoms with Crippen LogP contribution in [0.2, 0.25) is 10.0 Å². The van der Waals surface area contributed by atoms with Crippen LogP contribution in [-0.2, 0) is 9.59 Å². The monoisotopic (exact) mass is 410 g/mol. The lowest BCUT2D eigenvalue weighted by atomic mass is 10.2. The maximum Gasteiger partial charge on any atom is 0.240 e. The van der Waals surface area contributed by atoms with Crippen LogP contribution in [0.1, 0.15) is 12.2 Å². The van der Waals surface area contributed by atoms with Gasteiger partial charge in [0.05, 0.1) is 28.2 Å². The Labute approximate surface area is 162 Å². The van der Waals surface area contributed by atoms with Crippen molar-refractivity contribution in [3.63, 3.8) is 0 Å². The summed E-state index contributed by atoms with van der Waals surface area (Å²) in [5, 5.41) is 13.3. The average molecular weight is 411 g/mol. The summed E-state index contributed by atoms with van der Waals surface area (Å²) in [6.07, 6.45) is 2.89. The molecule has 0 radical (unpaired) electrons. The Morgan fingerprint density at radius 1 is 1.35 bits per heavy atom. The van der Waals surface area contributed by atoms with E-state index in [1.165, 1.54) is 12.5 Å². The van der Waals surface area contributed by atoms with Crippen LogP contribution in [0, 0.1) is 0 Å². The van der Waals surface area contributed by atoms with E-state index in [1.54, 1.807) is 30.3 Å². The van der Waals surface area contributed by atoms with Crippen molar-refractivity contribution in [2.24, 2.45) is 10.2 Å². The second-order valence-electron chi connectivity index (χ2n) is 5.11. The highest BCUT2D eigenvalue weighted by atomic mass is 35.5. The first kappa shape index (κ1) is 18.5. The number of carbonyl (C=O) groups excluding carboxylic acids is 2. The minimum Gasteiger partial charge on any atom is -0.463 e. The second-order valence-corrected chi connectivity index (χ2v) is 7.09. The van der Waals surface area contributed by atoms with Crippen LogP contribution >= 0.6 is 35.0 Å². The number of amidine groups is 1. The van der Waals surface area contributed by atoms with E-state index in [2.05, 4.69) is 20.8 Å². The van der Waals surface area contributed by atoms with Gasteiger partial charge in [-0.05, 0) is 24.3 Å².